The van der Waals surface area contributed by atoms with Crippen LogP contribution < -0.4 is 16.0 Å². The van der Waals surface area contributed by atoms with Crippen molar-refractivity contribution in [3.05, 3.63) is 74.1 Å². The molecule has 0 unspecified atom stereocenters. The van der Waals surface area contributed by atoms with E-state index in [1.165, 1.54) is 0 Å². The molecule has 0 bridgehead atoms. The van der Waals surface area contributed by atoms with Gasteiger partial charge in [-0.3, -0.25) is 14.8 Å². The van der Waals surface area contributed by atoms with E-state index in [0.717, 1.165) is 47.5 Å². The molecule has 39 heavy (non-hydrogen) atoms. The van der Waals surface area contributed by atoms with Crippen LogP contribution in [-0.4, -0.2) is 45.0 Å². The average molecular weight is 585 g/mol. The first-order valence-corrected chi connectivity index (χ1v) is 12.4. The Bertz CT molecular complexity index is 1080. The minimum Gasteiger partial charge on any atom is -0.512 e. The van der Waals surface area contributed by atoms with Crippen molar-refractivity contribution >= 4 is 23.7 Å². The molecule has 4 rings (SSSR count). The molecule has 4 heterocycles. The number of pyridine rings is 2. The van der Waals surface area contributed by atoms with Gasteiger partial charge in [0, 0.05) is 36.4 Å². The quantitative estimate of drug-likeness (QED) is 0.181. The Morgan fingerprint density at radius 3 is 2.26 bits per heavy atom. The molecule has 0 aliphatic carbocycles. The fraction of sp³-hybridized carbons (Fsp3) is 0.385. The van der Waals surface area contributed by atoms with Crippen molar-refractivity contribution in [2.75, 3.05) is 5.75 Å². The number of carbonyl (C=O) groups excluding carboxylic acids is 2. The molecule has 2 aliphatic rings. The maximum atomic E-state index is 12.2. The zero-order chi connectivity index (χ0) is 28.9. The second kappa shape index (κ2) is 21.9. The van der Waals surface area contributed by atoms with Crippen molar-refractivity contribution in [3.63, 3.8) is 0 Å². The molecule has 204 valence electrons. The number of hydrogen-bond donors (Lipinski definition) is 3. The van der Waals surface area contributed by atoms with E-state index in [9.17, 15) is 9.59 Å². The van der Waals surface area contributed by atoms with Crippen LogP contribution in [-0.2, 0) is 28.4 Å². The summed E-state index contributed by atoms with van der Waals surface area (Å²) in [7, 11) is 0. The summed E-state index contributed by atoms with van der Waals surface area (Å²) >= 11 is 1.91. The second-order valence-corrected chi connectivity index (χ2v) is 9.18. The number of rotatable bonds is 8. The molecule has 2 fully saturated rings. The van der Waals surface area contributed by atoms with Gasteiger partial charge in [0.05, 0.1) is 23.5 Å². The van der Waals surface area contributed by atoms with Crippen LogP contribution in [0.2, 0.25) is 0 Å². The van der Waals surface area contributed by atoms with Gasteiger partial charge in [-0.25, -0.2) is 4.79 Å². The van der Waals surface area contributed by atoms with Gasteiger partial charge >= 0.3 is 23.1 Å². The van der Waals surface area contributed by atoms with Crippen LogP contribution in [0.4, 0.5) is 4.79 Å². The Morgan fingerprint density at radius 1 is 1.00 bits per heavy atom. The number of aromatic nitrogens is 2. The number of thioether (sulfide) groups is 1. The molecule has 2 aromatic heterocycles. The van der Waals surface area contributed by atoms with E-state index in [1.54, 1.807) is 12.4 Å². The predicted octanol–water partition coefficient (Wildman–Crippen LogP) is 3.18. The SMILES string of the molecule is Cc1ccnc(-c2cc(CNC(=O)CCCC[C@@H]3SC[C@@H]4NC(=O)N[C@@H]43)ccn2)c1.[C-]#N.[C-]#N.[C-]#N.[C-]#N.[Fe+2]. The standard InChI is InChI=1S/C22H27N5O2S.4CN.Fe/c1-14-6-8-23-16(10-14)17-11-15(7-9-24-17)12-25-20(28)5-3-2-4-19-21-18(13-30-19)26-22(29)27-21;4*1-2;/h6-11,18-19,21H,2-5,12-13H2,1H3,(H,25,28)(H2,26,27,29);;;;;/q;4*-1;+2/t18-,19-,21-;;;;;/m0...../s1. The van der Waals surface area contributed by atoms with Crippen LogP contribution >= 0.6 is 11.8 Å². The molecular weight excluding hydrogens is 558 g/mol. The van der Waals surface area contributed by atoms with E-state index >= 15 is 0 Å². The van der Waals surface area contributed by atoms with Crippen LogP contribution in [0.5, 0.6) is 0 Å². The first kappa shape index (κ1) is 37.0. The molecule has 3 atom stereocenters. The van der Waals surface area contributed by atoms with Gasteiger partial charge in [-0.2, -0.15) is 11.8 Å². The molecule has 0 saturated carbocycles. The molecule has 13 heteroatoms. The van der Waals surface area contributed by atoms with Gasteiger partial charge in [-0.15, -0.1) is 0 Å². The fourth-order valence-electron chi connectivity index (χ4n) is 3.96. The Balaban J connectivity index is 0. The van der Waals surface area contributed by atoms with Crippen molar-refractivity contribution in [2.45, 2.75) is 56.5 Å². The maximum absolute atomic E-state index is 12.2. The summed E-state index contributed by atoms with van der Waals surface area (Å²) in [5, 5.41) is 34.4. The first-order chi connectivity index (χ1) is 18.6. The van der Waals surface area contributed by atoms with E-state index in [0.29, 0.717) is 18.2 Å². The summed E-state index contributed by atoms with van der Waals surface area (Å²) in [6.07, 6.45) is 6.93. The van der Waals surface area contributed by atoms with E-state index in [-0.39, 0.29) is 41.1 Å². The Labute approximate surface area is 244 Å². The van der Waals surface area contributed by atoms with Crippen molar-refractivity contribution < 1.29 is 26.7 Å². The molecule has 0 radical (unpaired) electrons. The average Bonchev–Trinajstić information content (AvgIpc) is 3.53. The fourth-order valence-corrected chi connectivity index (χ4v) is 5.51. The second-order valence-electron chi connectivity index (χ2n) is 7.91. The third kappa shape index (κ3) is 12.3. The number of nitrogens with zero attached hydrogens (tertiary/aromatic N) is 6. The summed E-state index contributed by atoms with van der Waals surface area (Å²) in [6.45, 7) is 21.5. The largest absolute Gasteiger partial charge is 2.00 e. The Kier molecular flexibility index (Phi) is 20.8. The molecule has 2 saturated heterocycles. The number of urea groups is 1. The number of nitrogens with one attached hydrogen (secondary N) is 3. The molecule has 0 spiro atoms. The van der Waals surface area contributed by atoms with Crippen LogP contribution in [0.1, 0.15) is 36.8 Å². The maximum Gasteiger partial charge on any atom is 2.00 e. The summed E-state index contributed by atoms with van der Waals surface area (Å²) in [5.74, 6) is 1.04. The first-order valence-electron chi connectivity index (χ1n) is 11.3. The van der Waals surface area contributed by atoms with E-state index in [4.69, 9.17) is 47.3 Å². The van der Waals surface area contributed by atoms with Crippen LogP contribution in [0.25, 0.3) is 11.4 Å². The Hall–Kier alpha value is -4.13. The molecule has 2 aromatic rings. The number of carbonyl (C=O) groups is 2. The van der Waals surface area contributed by atoms with Crippen LogP contribution in [0, 0.1) is 54.3 Å². The smallest absolute Gasteiger partial charge is 0.512 e. The van der Waals surface area contributed by atoms with Crippen LogP contribution in [0.3, 0.4) is 0 Å². The minimum atomic E-state index is -0.0490. The van der Waals surface area contributed by atoms with Gasteiger partial charge in [0.1, 0.15) is 0 Å². The van der Waals surface area contributed by atoms with Crippen molar-refractivity contribution in [1.82, 2.24) is 25.9 Å². The van der Waals surface area contributed by atoms with Gasteiger partial charge in [0.2, 0.25) is 5.91 Å². The van der Waals surface area contributed by atoms with E-state index in [2.05, 4.69) is 25.9 Å². The van der Waals surface area contributed by atoms with Crippen molar-refractivity contribution in [3.8, 4) is 11.4 Å². The monoisotopic (exact) mass is 585 g/mol. The van der Waals surface area contributed by atoms with E-state index < -0.39 is 0 Å². The summed E-state index contributed by atoms with van der Waals surface area (Å²) in [4.78, 5) is 32.4. The summed E-state index contributed by atoms with van der Waals surface area (Å²) < 4.78 is 0. The van der Waals surface area contributed by atoms with Crippen molar-refractivity contribution in [2.24, 2.45) is 0 Å². The van der Waals surface area contributed by atoms with Gasteiger partial charge in [-0.1, -0.05) is 6.42 Å². The van der Waals surface area contributed by atoms with Crippen molar-refractivity contribution in [1.29, 1.82) is 21.0 Å². The van der Waals surface area contributed by atoms with Gasteiger partial charge in [0.15, 0.2) is 0 Å². The van der Waals surface area contributed by atoms with Crippen LogP contribution in [0.15, 0.2) is 36.7 Å². The topological polar surface area (TPSA) is 191 Å². The van der Waals surface area contributed by atoms with Gasteiger partial charge in [0.25, 0.3) is 0 Å². The summed E-state index contributed by atoms with van der Waals surface area (Å²) in [6, 6.07) is 8.29. The Morgan fingerprint density at radius 2 is 1.62 bits per heavy atom. The molecule has 0 aromatic carbocycles. The number of fused-ring (bicyclic) bond motifs is 1. The number of amides is 3. The third-order valence-electron chi connectivity index (χ3n) is 5.57. The predicted molar refractivity (Wildman–Crippen MR) is 138 cm³/mol. The van der Waals surface area contributed by atoms with E-state index in [1.807, 2.05) is 43.0 Å². The molecular formula is C26H27FeN9O2S-2. The van der Waals surface area contributed by atoms with Gasteiger partial charge < -0.3 is 63.3 Å². The molecule has 3 N–H and O–H groups in total. The molecule has 11 nitrogen and oxygen atoms in total. The zero-order valence-electron chi connectivity index (χ0n) is 21.2. The summed E-state index contributed by atoms with van der Waals surface area (Å²) in [5.41, 5.74) is 3.79. The number of aryl methyl sites for hydroxylation is 1. The number of hydrogen-bond acceptors (Lipinski definition) is 9. The normalized spacial score (nSPS) is 17.4. The third-order valence-corrected chi connectivity index (χ3v) is 7.08. The zero-order valence-corrected chi connectivity index (χ0v) is 23.1. The molecule has 3 amide bonds. The molecule has 2 aliphatic heterocycles. The minimum absolute atomic E-state index is 0. The van der Waals surface area contributed by atoms with Gasteiger partial charge in [-0.05, 0) is 55.2 Å². The number of unbranched alkanes of at least 4 members (excludes halogenated alkanes) is 1.